The summed E-state index contributed by atoms with van der Waals surface area (Å²) in [5.74, 6) is -1.17. The fraction of sp³-hybridized carbons (Fsp3) is 0.900. The number of hydrogen-bond donors (Lipinski definition) is 12. The molecule has 3 heterocycles. The van der Waals surface area contributed by atoms with Crippen LogP contribution in [0.15, 0.2) is 12.2 Å². The summed E-state index contributed by atoms with van der Waals surface area (Å²) in [5.41, 5.74) is 0. The summed E-state index contributed by atoms with van der Waals surface area (Å²) in [6.45, 7) is 1.74. The molecular formula is C40H72N2O18. The van der Waals surface area contributed by atoms with Gasteiger partial charge < -0.3 is 90.1 Å². The van der Waals surface area contributed by atoms with Gasteiger partial charge >= 0.3 is 0 Å². The Hall–Kier alpha value is -1.96. The molecule has 3 aliphatic heterocycles. The molecule has 17 atom stereocenters. The van der Waals surface area contributed by atoms with Gasteiger partial charge in [-0.1, -0.05) is 83.3 Å². The molecule has 0 aromatic heterocycles. The molecule has 60 heavy (non-hydrogen) atoms. The average molecular weight is 869 g/mol. The monoisotopic (exact) mass is 868 g/mol. The van der Waals surface area contributed by atoms with E-state index in [0.29, 0.717) is 0 Å². The zero-order valence-corrected chi connectivity index (χ0v) is 35.0. The van der Waals surface area contributed by atoms with Crippen molar-refractivity contribution >= 4 is 11.8 Å². The lowest BCUT2D eigenvalue weighted by atomic mass is 9.94. The van der Waals surface area contributed by atoms with Crippen LogP contribution < -0.4 is 10.6 Å². The van der Waals surface area contributed by atoms with E-state index in [2.05, 4.69) is 17.6 Å². The molecule has 0 saturated carbocycles. The van der Waals surface area contributed by atoms with Gasteiger partial charge in [0, 0.05) is 13.8 Å². The number of rotatable bonds is 26. The second kappa shape index (κ2) is 27.3. The Kier molecular flexibility index (Phi) is 23.8. The van der Waals surface area contributed by atoms with Crippen LogP contribution in [0.3, 0.4) is 0 Å². The van der Waals surface area contributed by atoms with Crippen molar-refractivity contribution in [3.05, 3.63) is 12.2 Å². The third-order valence-electron chi connectivity index (χ3n) is 11.0. The van der Waals surface area contributed by atoms with Crippen LogP contribution in [0.25, 0.3) is 0 Å². The highest BCUT2D eigenvalue weighted by Crippen LogP contribution is 2.33. The first kappa shape index (κ1) is 52.4. The first-order valence-electron chi connectivity index (χ1n) is 21.4. The number of aliphatic hydroxyl groups is 10. The normalized spacial score (nSPS) is 35.9. The fourth-order valence-electron chi connectivity index (χ4n) is 7.56. The number of allylic oxidation sites excluding steroid dienone is 1. The zero-order chi connectivity index (χ0) is 44.4. The van der Waals surface area contributed by atoms with E-state index in [9.17, 15) is 60.7 Å². The van der Waals surface area contributed by atoms with Crippen LogP contribution in [0.5, 0.6) is 0 Å². The molecule has 20 heteroatoms. The largest absolute Gasteiger partial charge is 0.394 e. The van der Waals surface area contributed by atoms with E-state index in [4.69, 9.17) is 28.4 Å². The number of hydrogen-bond acceptors (Lipinski definition) is 18. The number of aliphatic hydroxyl groups excluding tert-OH is 10. The minimum atomic E-state index is -1.91. The summed E-state index contributed by atoms with van der Waals surface area (Å²) < 4.78 is 34.4. The first-order chi connectivity index (χ1) is 28.7. The number of nitrogens with one attached hydrogen (secondary N) is 2. The number of carbonyl (C=O) groups is 2. The summed E-state index contributed by atoms with van der Waals surface area (Å²) >= 11 is 0. The summed E-state index contributed by atoms with van der Waals surface area (Å²) in [4.78, 5) is 24.4. The maximum atomic E-state index is 12.4. The van der Waals surface area contributed by atoms with Crippen molar-refractivity contribution in [2.45, 2.75) is 202 Å². The van der Waals surface area contributed by atoms with Gasteiger partial charge in [-0.15, -0.1) is 0 Å². The van der Waals surface area contributed by atoms with Gasteiger partial charge in [-0.3, -0.25) is 9.59 Å². The van der Waals surface area contributed by atoms with Gasteiger partial charge in [0.2, 0.25) is 11.8 Å². The molecule has 0 radical (unpaired) electrons. The predicted molar refractivity (Wildman–Crippen MR) is 210 cm³/mol. The third kappa shape index (κ3) is 15.7. The van der Waals surface area contributed by atoms with Gasteiger partial charge in [0.15, 0.2) is 18.9 Å². The SMILES string of the molecule is CCCCCCCCCCCCC/C=C/[C@@H](O)[C@H](COC1O[C@H](CO)[C@@H](O[C@@H]2O[C@H](CO)[C@H](O)[C@H](O[C@@H]3O[C@H](CO)[C@H](O)[C@H](O)[C@H]3O)[C@H]2NC(C)=O)[C@H](O)[C@H]1O)NC(C)=O. The van der Waals surface area contributed by atoms with Crippen LogP contribution in [0.1, 0.15) is 97.8 Å². The van der Waals surface area contributed by atoms with Crippen molar-refractivity contribution in [3.8, 4) is 0 Å². The Labute approximate surface area is 351 Å². The van der Waals surface area contributed by atoms with Crippen molar-refractivity contribution in [2.75, 3.05) is 26.4 Å². The molecule has 20 nitrogen and oxygen atoms in total. The summed E-state index contributed by atoms with van der Waals surface area (Å²) in [5, 5.41) is 111. The lowest BCUT2D eigenvalue weighted by Crippen LogP contribution is -2.69. The molecule has 12 N–H and O–H groups in total. The first-order valence-corrected chi connectivity index (χ1v) is 21.4. The van der Waals surface area contributed by atoms with E-state index in [1.165, 1.54) is 58.3 Å². The maximum absolute atomic E-state index is 12.4. The molecule has 0 spiro atoms. The number of amides is 2. The van der Waals surface area contributed by atoms with Gasteiger partial charge in [-0.2, -0.15) is 0 Å². The van der Waals surface area contributed by atoms with Gasteiger partial charge in [0.25, 0.3) is 0 Å². The lowest BCUT2D eigenvalue weighted by molar-refractivity contribution is -0.365. The van der Waals surface area contributed by atoms with Crippen LogP contribution in [-0.4, -0.2) is 194 Å². The third-order valence-corrected chi connectivity index (χ3v) is 11.0. The van der Waals surface area contributed by atoms with Crippen molar-refractivity contribution in [2.24, 2.45) is 0 Å². The van der Waals surface area contributed by atoms with Crippen molar-refractivity contribution in [3.63, 3.8) is 0 Å². The van der Waals surface area contributed by atoms with Crippen LogP contribution in [0.4, 0.5) is 0 Å². The van der Waals surface area contributed by atoms with Crippen LogP contribution >= 0.6 is 0 Å². The molecule has 3 fully saturated rings. The van der Waals surface area contributed by atoms with E-state index in [0.717, 1.165) is 32.6 Å². The molecular weight excluding hydrogens is 796 g/mol. The maximum Gasteiger partial charge on any atom is 0.217 e. The fourth-order valence-corrected chi connectivity index (χ4v) is 7.56. The second-order valence-electron chi connectivity index (χ2n) is 15.9. The Bertz CT molecular complexity index is 1250. The standard InChI is InChI=1S/C40H72N2O18/c1-4-5-6-7-8-9-10-11-12-13-14-15-16-17-25(48)24(41-22(2)46)21-55-39-35(54)33(52)36(28(20-45)58-39)59-38-29(42-23(3)47)37(31(50)27(19-44)56-38)60-40-34(53)32(51)30(49)26(18-43)57-40/h16-17,24-40,43-45,48-54H,4-15,18-21H2,1-3H3,(H,41,46)(H,42,47)/b17-16+/t24-,25+,26+,27+,28+,29+,30-,31-,32-,33+,34+,35+,36+,37+,38-,39?,40-/m0/s1. The Morgan fingerprint density at radius 3 is 1.70 bits per heavy atom. The van der Waals surface area contributed by atoms with Crippen molar-refractivity contribution in [1.29, 1.82) is 0 Å². The van der Waals surface area contributed by atoms with Crippen molar-refractivity contribution < 1.29 is 89.1 Å². The zero-order valence-electron chi connectivity index (χ0n) is 35.0. The van der Waals surface area contributed by atoms with E-state index >= 15 is 0 Å². The molecule has 350 valence electrons. The van der Waals surface area contributed by atoms with E-state index in [1.54, 1.807) is 6.08 Å². The number of unbranched alkanes of at least 4 members (excludes halogenated alkanes) is 11. The van der Waals surface area contributed by atoms with Crippen LogP contribution in [0.2, 0.25) is 0 Å². The van der Waals surface area contributed by atoms with Gasteiger partial charge in [0.05, 0.1) is 38.6 Å². The quantitative estimate of drug-likeness (QED) is 0.0322. The van der Waals surface area contributed by atoms with E-state index in [-0.39, 0.29) is 6.61 Å². The predicted octanol–water partition coefficient (Wildman–Crippen LogP) is -2.28. The van der Waals surface area contributed by atoms with Gasteiger partial charge in [0.1, 0.15) is 73.2 Å². The van der Waals surface area contributed by atoms with Gasteiger partial charge in [-0.05, 0) is 12.8 Å². The van der Waals surface area contributed by atoms with Crippen LogP contribution in [0, 0.1) is 0 Å². The Morgan fingerprint density at radius 2 is 1.13 bits per heavy atom. The highest BCUT2D eigenvalue weighted by molar-refractivity contribution is 5.73. The lowest BCUT2D eigenvalue weighted by Gasteiger charge is -2.49. The number of carbonyl (C=O) groups excluding carboxylic acids is 2. The molecule has 0 aliphatic carbocycles. The Balaban J connectivity index is 1.63. The Morgan fingerprint density at radius 1 is 0.617 bits per heavy atom. The highest BCUT2D eigenvalue weighted by atomic mass is 16.7. The average Bonchev–Trinajstić information content (AvgIpc) is 3.22. The number of ether oxygens (including phenoxy) is 6. The van der Waals surface area contributed by atoms with Crippen molar-refractivity contribution in [1.82, 2.24) is 10.6 Å². The van der Waals surface area contributed by atoms with Gasteiger partial charge in [-0.25, -0.2) is 0 Å². The highest BCUT2D eigenvalue weighted by Gasteiger charge is 2.54. The minimum Gasteiger partial charge on any atom is -0.394 e. The smallest absolute Gasteiger partial charge is 0.217 e. The molecule has 0 aromatic rings. The molecule has 1 unspecified atom stereocenters. The molecule has 0 bridgehead atoms. The van der Waals surface area contributed by atoms with Crippen LogP contribution in [-0.2, 0) is 38.0 Å². The minimum absolute atomic E-state index is 0.384. The molecule has 3 aliphatic rings. The topological polar surface area (TPSA) is 316 Å². The summed E-state index contributed by atoms with van der Waals surface area (Å²) in [7, 11) is 0. The molecule has 3 rings (SSSR count). The summed E-state index contributed by atoms with van der Waals surface area (Å²) in [6, 6.07) is -2.50. The molecule has 2 amide bonds. The van der Waals surface area contributed by atoms with E-state index < -0.39 is 136 Å². The second-order valence-corrected chi connectivity index (χ2v) is 15.9. The molecule has 3 saturated heterocycles. The summed E-state index contributed by atoms with van der Waals surface area (Å²) in [6.07, 6.45) is -7.47. The van der Waals surface area contributed by atoms with E-state index in [1.807, 2.05) is 6.08 Å². The molecule has 0 aromatic carbocycles.